The average molecular weight is 445 g/mol. The second-order valence-corrected chi connectivity index (χ2v) is 8.46. The SMILES string of the molecule is CCCNC(=O)CN1CCC(NC(=NCCc2cccc(C(=O)N(C)C)c2)NCC)CC1. The molecule has 3 N–H and O–H groups in total. The summed E-state index contributed by atoms with van der Waals surface area (Å²) in [6.45, 7) is 8.61. The molecule has 1 aliphatic rings. The van der Waals surface area contributed by atoms with Crippen molar-refractivity contribution in [1.29, 1.82) is 0 Å². The van der Waals surface area contributed by atoms with Gasteiger partial charge in [-0.2, -0.15) is 0 Å². The molecule has 0 bridgehead atoms. The molecule has 0 radical (unpaired) electrons. The molecular formula is C24H40N6O2. The van der Waals surface area contributed by atoms with Crippen molar-refractivity contribution < 1.29 is 9.59 Å². The number of nitrogens with one attached hydrogen (secondary N) is 3. The first-order chi connectivity index (χ1) is 15.4. The van der Waals surface area contributed by atoms with E-state index in [2.05, 4.69) is 34.7 Å². The highest BCUT2D eigenvalue weighted by molar-refractivity contribution is 5.94. The second kappa shape index (κ2) is 13.7. The summed E-state index contributed by atoms with van der Waals surface area (Å²) >= 11 is 0. The van der Waals surface area contributed by atoms with Gasteiger partial charge in [0, 0.05) is 58.4 Å². The lowest BCUT2D eigenvalue weighted by molar-refractivity contribution is -0.122. The van der Waals surface area contributed by atoms with Crippen LogP contribution in [0.25, 0.3) is 0 Å². The maximum Gasteiger partial charge on any atom is 0.253 e. The number of benzene rings is 1. The van der Waals surface area contributed by atoms with Gasteiger partial charge in [0.15, 0.2) is 5.96 Å². The first-order valence-corrected chi connectivity index (χ1v) is 11.8. The molecule has 2 amide bonds. The number of piperidine rings is 1. The van der Waals surface area contributed by atoms with Crippen molar-refractivity contribution in [2.24, 2.45) is 4.99 Å². The van der Waals surface area contributed by atoms with Gasteiger partial charge in [0.05, 0.1) is 6.54 Å². The van der Waals surface area contributed by atoms with Crippen molar-refractivity contribution in [3.05, 3.63) is 35.4 Å². The van der Waals surface area contributed by atoms with E-state index in [1.807, 2.05) is 24.3 Å². The second-order valence-electron chi connectivity index (χ2n) is 8.46. The van der Waals surface area contributed by atoms with E-state index >= 15 is 0 Å². The Morgan fingerprint density at radius 3 is 2.56 bits per heavy atom. The summed E-state index contributed by atoms with van der Waals surface area (Å²) < 4.78 is 0. The van der Waals surface area contributed by atoms with Crippen LogP contribution < -0.4 is 16.0 Å². The first kappa shape index (κ1) is 25.6. The molecule has 178 valence electrons. The van der Waals surface area contributed by atoms with Crippen molar-refractivity contribution in [1.82, 2.24) is 25.8 Å². The number of guanidine groups is 1. The van der Waals surface area contributed by atoms with Gasteiger partial charge in [-0.15, -0.1) is 0 Å². The number of carbonyl (C=O) groups excluding carboxylic acids is 2. The standard InChI is InChI=1S/C24H40N6O2/c1-5-13-26-22(31)18-30-15-11-21(12-16-30)28-24(25-6-2)27-14-10-19-8-7-9-20(17-19)23(32)29(3)4/h7-9,17,21H,5-6,10-16,18H2,1-4H3,(H,26,31)(H2,25,27,28). The van der Waals surface area contributed by atoms with Gasteiger partial charge in [0.25, 0.3) is 5.91 Å². The van der Waals surface area contributed by atoms with E-state index in [0.29, 0.717) is 24.7 Å². The number of hydrogen-bond acceptors (Lipinski definition) is 4. The van der Waals surface area contributed by atoms with E-state index in [0.717, 1.165) is 63.4 Å². The van der Waals surface area contributed by atoms with Crippen LogP contribution in [0.3, 0.4) is 0 Å². The minimum atomic E-state index is 0.0135. The van der Waals surface area contributed by atoms with Gasteiger partial charge in [-0.3, -0.25) is 19.5 Å². The number of likely N-dealkylation sites (tertiary alicyclic amines) is 1. The third-order valence-electron chi connectivity index (χ3n) is 5.46. The number of hydrogen-bond donors (Lipinski definition) is 3. The minimum absolute atomic E-state index is 0.0135. The predicted molar refractivity (Wildman–Crippen MR) is 130 cm³/mol. The fourth-order valence-electron chi connectivity index (χ4n) is 3.69. The Labute approximate surface area is 192 Å². The lowest BCUT2D eigenvalue weighted by atomic mass is 10.1. The average Bonchev–Trinajstić information content (AvgIpc) is 2.78. The monoisotopic (exact) mass is 444 g/mol. The highest BCUT2D eigenvalue weighted by Crippen LogP contribution is 2.11. The van der Waals surface area contributed by atoms with Crippen molar-refractivity contribution in [3.8, 4) is 0 Å². The Kier molecular flexibility index (Phi) is 11.0. The normalized spacial score (nSPS) is 15.3. The van der Waals surface area contributed by atoms with Crippen LogP contribution in [0.15, 0.2) is 29.3 Å². The molecule has 0 aromatic heterocycles. The van der Waals surface area contributed by atoms with Gasteiger partial charge in [-0.25, -0.2) is 0 Å². The van der Waals surface area contributed by atoms with Crippen molar-refractivity contribution in [2.45, 2.75) is 45.6 Å². The number of aliphatic imine (C=N–C) groups is 1. The van der Waals surface area contributed by atoms with Crippen LogP contribution in [-0.4, -0.2) is 87.0 Å². The van der Waals surface area contributed by atoms with E-state index < -0.39 is 0 Å². The van der Waals surface area contributed by atoms with Crippen LogP contribution >= 0.6 is 0 Å². The van der Waals surface area contributed by atoms with Crippen LogP contribution in [0.5, 0.6) is 0 Å². The van der Waals surface area contributed by atoms with Crippen molar-refractivity contribution in [3.63, 3.8) is 0 Å². The quantitative estimate of drug-likeness (QED) is 0.376. The minimum Gasteiger partial charge on any atom is -0.357 e. The third kappa shape index (κ3) is 8.86. The summed E-state index contributed by atoms with van der Waals surface area (Å²) in [5.74, 6) is 0.955. The molecule has 0 saturated carbocycles. The topological polar surface area (TPSA) is 89.1 Å². The Balaban J connectivity index is 1.82. The van der Waals surface area contributed by atoms with E-state index in [4.69, 9.17) is 4.99 Å². The van der Waals surface area contributed by atoms with Crippen LogP contribution in [0.1, 0.15) is 49.0 Å². The Morgan fingerprint density at radius 1 is 1.16 bits per heavy atom. The van der Waals surface area contributed by atoms with Crippen LogP contribution in [-0.2, 0) is 11.2 Å². The van der Waals surface area contributed by atoms with Crippen LogP contribution in [0.4, 0.5) is 0 Å². The summed E-state index contributed by atoms with van der Waals surface area (Å²) in [6, 6.07) is 8.11. The highest BCUT2D eigenvalue weighted by Gasteiger charge is 2.21. The largest absolute Gasteiger partial charge is 0.357 e. The van der Waals surface area contributed by atoms with Crippen LogP contribution in [0, 0.1) is 0 Å². The molecule has 32 heavy (non-hydrogen) atoms. The molecule has 1 fully saturated rings. The number of nitrogens with zero attached hydrogens (tertiary/aromatic N) is 3. The van der Waals surface area contributed by atoms with Gasteiger partial charge in [-0.1, -0.05) is 19.1 Å². The molecule has 0 spiro atoms. The molecule has 0 atom stereocenters. The Morgan fingerprint density at radius 2 is 1.91 bits per heavy atom. The van der Waals surface area contributed by atoms with Crippen molar-refractivity contribution in [2.75, 3.05) is 53.4 Å². The zero-order valence-electron chi connectivity index (χ0n) is 20.1. The van der Waals surface area contributed by atoms with E-state index in [-0.39, 0.29) is 11.8 Å². The molecule has 0 unspecified atom stereocenters. The molecule has 8 heteroatoms. The predicted octanol–water partition coefficient (Wildman–Crippen LogP) is 1.48. The number of rotatable bonds is 10. The summed E-state index contributed by atoms with van der Waals surface area (Å²) in [5, 5.41) is 9.82. The molecule has 1 aliphatic heterocycles. The maximum atomic E-state index is 12.2. The molecular weight excluding hydrogens is 404 g/mol. The molecule has 1 heterocycles. The van der Waals surface area contributed by atoms with E-state index in [1.54, 1.807) is 19.0 Å². The van der Waals surface area contributed by atoms with Gasteiger partial charge in [0.2, 0.25) is 5.91 Å². The number of amides is 2. The summed E-state index contributed by atoms with van der Waals surface area (Å²) in [4.78, 5) is 32.6. The Hall–Kier alpha value is -2.61. The van der Waals surface area contributed by atoms with Gasteiger partial charge in [0.1, 0.15) is 0 Å². The summed E-state index contributed by atoms with van der Waals surface area (Å²) in [6.07, 6.45) is 3.71. The highest BCUT2D eigenvalue weighted by atomic mass is 16.2. The molecule has 1 aromatic carbocycles. The Bertz CT molecular complexity index is 757. The first-order valence-electron chi connectivity index (χ1n) is 11.8. The maximum absolute atomic E-state index is 12.2. The molecule has 8 nitrogen and oxygen atoms in total. The molecule has 1 saturated heterocycles. The summed E-state index contributed by atoms with van der Waals surface area (Å²) in [5.41, 5.74) is 1.81. The van der Waals surface area contributed by atoms with Gasteiger partial charge < -0.3 is 20.9 Å². The lowest BCUT2D eigenvalue weighted by Crippen LogP contribution is -2.50. The number of carbonyl (C=O) groups is 2. The zero-order valence-corrected chi connectivity index (χ0v) is 20.1. The zero-order chi connectivity index (χ0) is 23.3. The fraction of sp³-hybridized carbons (Fsp3) is 0.625. The third-order valence-corrected chi connectivity index (χ3v) is 5.46. The van der Waals surface area contributed by atoms with Gasteiger partial charge in [-0.05, 0) is 50.3 Å². The van der Waals surface area contributed by atoms with Gasteiger partial charge >= 0.3 is 0 Å². The van der Waals surface area contributed by atoms with E-state index in [9.17, 15) is 9.59 Å². The van der Waals surface area contributed by atoms with Crippen LogP contribution in [0.2, 0.25) is 0 Å². The van der Waals surface area contributed by atoms with E-state index in [1.165, 1.54) is 0 Å². The molecule has 2 rings (SSSR count). The fourth-order valence-corrected chi connectivity index (χ4v) is 3.69. The van der Waals surface area contributed by atoms with Crippen molar-refractivity contribution >= 4 is 17.8 Å². The lowest BCUT2D eigenvalue weighted by Gasteiger charge is -2.32. The molecule has 0 aliphatic carbocycles. The molecule has 1 aromatic rings. The summed E-state index contributed by atoms with van der Waals surface area (Å²) in [7, 11) is 3.53. The smallest absolute Gasteiger partial charge is 0.253 e.